The first-order valence-corrected chi connectivity index (χ1v) is 6.29. The molecule has 1 nitrogen and oxygen atoms in total. The number of aryl methyl sites for hydroxylation is 1. The second kappa shape index (κ2) is 6.48. The van der Waals surface area contributed by atoms with Crippen LogP contribution in [0.3, 0.4) is 0 Å². The maximum absolute atomic E-state index is 13.4. The van der Waals surface area contributed by atoms with Crippen molar-refractivity contribution in [1.82, 2.24) is 4.90 Å². The topological polar surface area (TPSA) is 3.24 Å². The van der Waals surface area contributed by atoms with Crippen molar-refractivity contribution in [3.63, 3.8) is 0 Å². The number of halogens is 2. The fourth-order valence-electron chi connectivity index (χ4n) is 1.52. The number of hydrogen-bond donors (Lipinski definition) is 1. The van der Waals surface area contributed by atoms with E-state index in [0.29, 0.717) is 17.1 Å². The summed E-state index contributed by atoms with van der Waals surface area (Å²) < 4.78 is 13.4. The zero-order chi connectivity index (χ0) is 12.1. The molecule has 0 aliphatic rings. The van der Waals surface area contributed by atoms with Crippen LogP contribution in [0.5, 0.6) is 0 Å². The summed E-state index contributed by atoms with van der Waals surface area (Å²) in [7, 11) is 2.00. The number of thiol groups is 1. The lowest BCUT2D eigenvalue weighted by Crippen LogP contribution is -2.19. The van der Waals surface area contributed by atoms with E-state index in [1.165, 1.54) is 6.07 Å². The van der Waals surface area contributed by atoms with Gasteiger partial charge in [-0.15, -0.1) is 0 Å². The zero-order valence-electron chi connectivity index (χ0n) is 9.63. The van der Waals surface area contributed by atoms with Crippen LogP contribution in [-0.2, 0) is 6.54 Å². The Morgan fingerprint density at radius 2 is 2.12 bits per heavy atom. The molecule has 0 saturated carbocycles. The molecule has 0 atom stereocenters. The highest BCUT2D eigenvalue weighted by atomic mass is 35.5. The van der Waals surface area contributed by atoms with Crippen LogP contribution in [0.2, 0.25) is 5.02 Å². The lowest BCUT2D eigenvalue weighted by Gasteiger charge is -2.17. The van der Waals surface area contributed by atoms with Gasteiger partial charge in [-0.05, 0) is 55.9 Å². The Labute approximate surface area is 107 Å². The third kappa shape index (κ3) is 3.96. The molecule has 0 bridgehead atoms. The third-order valence-corrected chi connectivity index (χ3v) is 3.13. The van der Waals surface area contributed by atoms with Crippen LogP contribution in [0, 0.1) is 12.7 Å². The first-order chi connectivity index (χ1) is 7.54. The van der Waals surface area contributed by atoms with Gasteiger partial charge >= 0.3 is 0 Å². The molecule has 90 valence electrons. The molecule has 0 aliphatic heterocycles. The van der Waals surface area contributed by atoms with E-state index >= 15 is 0 Å². The van der Waals surface area contributed by atoms with Crippen molar-refractivity contribution in [2.45, 2.75) is 19.9 Å². The SMILES string of the molecule is Cc1cc(Cl)c(CN(C)CCCS)cc1F. The molecular formula is C12H17ClFNS. The fraction of sp³-hybridized carbons (Fsp3) is 0.500. The summed E-state index contributed by atoms with van der Waals surface area (Å²) in [6.07, 6.45) is 1.02. The molecule has 0 N–H and O–H groups in total. The Morgan fingerprint density at radius 3 is 2.75 bits per heavy atom. The Balaban J connectivity index is 2.69. The van der Waals surface area contributed by atoms with Gasteiger partial charge in [-0.25, -0.2) is 4.39 Å². The summed E-state index contributed by atoms with van der Waals surface area (Å²) in [5.41, 5.74) is 1.43. The zero-order valence-corrected chi connectivity index (χ0v) is 11.3. The molecule has 0 aliphatic carbocycles. The first-order valence-electron chi connectivity index (χ1n) is 5.28. The van der Waals surface area contributed by atoms with Crippen LogP contribution >= 0.6 is 24.2 Å². The van der Waals surface area contributed by atoms with E-state index in [9.17, 15) is 4.39 Å². The quantitative estimate of drug-likeness (QED) is 0.794. The largest absolute Gasteiger partial charge is 0.302 e. The molecule has 1 rings (SSSR count). The van der Waals surface area contributed by atoms with Gasteiger partial charge in [0.1, 0.15) is 5.82 Å². The molecule has 0 spiro atoms. The Bertz CT molecular complexity index is 357. The second-order valence-electron chi connectivity index (χ2n) is 4.01. The fourth-order valence-corrected chi connectivity index (χ4v) is 1.94. The highest BCUT2D eigenvalue weighted by molar-refractivity contribution is 7.80. The van der Waals surface area contributed by atoms with Gasteiger partial charge in [0.05, 0.1) is 0 Å². The maximum atomic E-state index is 13.4. The molecule has 0 saturated heterocycles. The molecular weight excluding hydrogens is 245 g/mol. The minimum absolute atomic E-state index is 0.193. The molecule has 0 amide bonds. The van der Waals surface area contributed by atoms with Crippen molar-refractivity contribution in [3.05, 3.63) is 34.1 Å². The van der Waals surface area contributed by atoms with Crippen molar-refractivity contribution >= 4 is 24.2 Å². The van der Waals surface area contributed by atoms with Crippen molar-refractivity contribution in [3.8, 4) is 0 Å². The van der Waals surface area contributed by atoms with Gasteiger partial charge < -0.3 is 4.90 Å². The van der Waals surface area contributed by atoms with E-state index < -0.39 is 0 Å². The van der Waals surface area contributed by atoms with Gasteiger partial charge in [-0.1, -0.05) is 11.6 Å². The number of nitrogens with zero attached hydrogens (tertiary/aromatic N) is 1. The van der Waals surface area contributed by atoms with E-state index in [1.54, 1.807) is 13.0 Å². The Morgan fingerprint density at radius 1 is 1.44 bits per heavy atom. The maximum Gasteiger partial charge on any atom is 0.126 e. The molecule has 4 heteroatoms. The summed E-state index contributed by atoms with van der Waals surface area (Å²) >= 11 is 10.2. The van der Waals surface area contributed by atoms with Crippen LogP contribution in [-0.4, -0.2) is 24.2 Å². The predicted octanol–water partition coefficient (Wildman–Crippen LogP) is 3.54. The van der Waals surface area contributed by atoms with Crippen molar-refractivity contribution in [1.29, 1.82) is 0 Å². The van der Waals surface area contributed by atoms with Crippen LogP contribution < -0.4 is 0 Å². The van der Waals surface area contributed by atoms with Crippen LogP contribution in [0.1, 0.15) is 17.5 Å². The van der Waals surface area contributed by atoms with Gasteiger partial charge in [0.25, 0.3) is 0 Å². The van der Waals surface area contributed by atoms with E-state index in [1.807, 2.05) is 7.05 Å². The van der Waals surface area contributed by atoms with Crippen LogP contribution in [0.15, 0.2) is 12.1 Å². The predicted molar refractivity (Wildman–Crippen MR) is 71.0 cm³/mol. The summed E-state index contributed by atoms with van der Waals surface area (Å²) in [5.74, 6) is 0.669. The monoisotopic (exact) mass is 261 g/mol. The summed E-state index contributed by atoms with van der Waals surface area (Å²) in [5, 5.41) is 0.636. The molecule has 1 aromatic rings. The molecule has 0 heterocycles. The molecule has 0 radical (unpaired) electrons. The highest BCUT2D eigenvalue weighted by Crippen LogP contribution is 2.21. The number of benzene rings is 1. The summed E-state index contributed by atoms with van der Waals surface area (Å²) in [4.78, 5) is 2.12. The lowest BCUT2D eigenvalue weighted by atomic mass is 10.1. The minimum atomic E-state index is -0.193. The summed E-state index contributed by atoms with van der Waals surface area (Å²) in [6.45, 7) is 3.33. The van der Waals surface area contributed by atoms with Gasteiger partial charge in [0.2, 0.25) is 0 Å². The molecule has 1 aromatic carbocycles. The van der Waals surface area contributed by atoms with Crippen molar-refractivity contribution < 1.29 is 4.39 Å². The van der Waals surface area contributed by atoms with E-state index in [0.717, 1.165) is 24.3 Å². The van der Waals surface area contributed by atoms with Crippen LogP contribution in [0.25, 0.3) is 0 Å². The molecule has 16 heavy (non-hydrogen) atoms. The van der Waals surface area contributed by atoms with Gasteiger partial charge in [-0.2, -0.15) is 12.6 Å². The van der Waals surface area contributed by atoms with Crippen LogP contribution in [0.4, 0.5) is 4.39 Å². The third-order valence-electron chi connectivity index (χ3n) is 2.47. The van der Waals surface area contributed by atoms with Gasteiger partial charge in [0, 0.05) is 11.6 Å². The normalized spacial score (nSPS) is 11.1. The average molecular weight is 262 g/mol. The van der Waals surface area contributed by atoms with Gasteiger partial charge in [-0.3, -0.25) is 0 Å². The highest BCUT2D eigenvalue weighted by Gasteiger charge is 2.08. The standard InChI is InChI=1S/C12H17ClFNS/c1-9-6-11(13)10(7-12(9)14)8-15(2)4-3-5-16/h6-7,16H,3-5,8H2,1-2H3. The van der Waals surface area contributed by atoms with Gasteiger partial charge in [0.15, 0.2) is 0 Å². The second-order valence-corrected chi connectivity index (χ2v) is 4.86. The minimum Gasteiger partial charge on any atom is -0.302 e. The van der Waals surface area contributed by atoms with E-state index in [-0.39, 0.29) is 5.82 Å². The average Bonchev–Trinajstić information content (AvgIpc) is 2.23. The Hall–Kier alpha value is -0.250. The van der Waals surface area contributed by atoms with Crippen molar-refractivity contribution in [2.24, 2.45) is 0 Å². The molecule has 0 unspecified atom stereocenters. The number of hydrogen-bond acceptors (Lipinski definition) is 2. The smallest absolute Gasteiger partial charge is 0.126 e. The molecule has 0 fully saturated rings. The summed E-state index contributed by atoms with van der Waals surface area (Å²) in [6, 6.07) is 3.20. The first kappa shape index (κ1) is 13.8. The number of rotatable bonds is 5. The van der Waals surface area contributed by atoms with E-state index in [2.05, 4.69) is 17.5 Å². The van der Waals surface area contributed by atoms with Crippen molar-refractivity contribution in [2.75, 3.05) is 19.3 Å². The molecule has 0 aromatic heterocycles. The van der Waals surface area contributed by atoms with E-state index in [4.69, 9.17) is 11.6 Å². The Kier molecular flexibility index (Phi) is 5.59. The lowest BCUT2D eigenvalue weighted by molar-refractivity contribution is 0.328.